The number of halogens is 2. The number of benzene rings is 1. The first kappa shape index (κ1) is 16.8. The number of hydrogen-bond acceptors (Lipinski definition) is 3. The molecule has 2 aromatic rings. The van der Waals surface area contributed by atoms with Gasteiger partial charge >= 0.3 is 0 Å². The van der Waals surface area contributed by atoms with Crippen molar-refractivity contribution in [2.24, 2.45) is 0 Å². The molecule has 0 N–H and O–H groups in total. The largest absolute Gasteiger partial charge is 0.371 e. The van der Waals surface area contributed by atoms with Gasteiger partial charge in [0.15, 0.2) is 0 Å². The van der Waals surface area contributed by atoms with E-state index in [0.29, 0.717) is 22.7 Å². The van der Waals surface area contributed by atoms with Gasteiger partial charge in [0.05, 0.1) is 29.0 Å². The first-order valence-corrected chi connectivity index (χ1v) is 8.60. The van der Waals surface area contributed by atoms with Crippen LogP contribution < -0.4 is 0 Å². The van der Waals surface area contributed by atoms with E-state index in [1.807, 2.05) is 29.1 Å². The first-order chi connectivity index (χ1) is 11.0. The van der Waals surface area contributed by atoms with Crippen molar-refractivity contribution >= 4 is 23.2 Å². The van der Waals surface area contributed by atoms with Crippen molar-refractivity contribution in [3.05, 3.63) is 51.8 Å². The molecule has 0 bridgehead atoms. The normalized spacial score (nSPS) is 19.4. The van der Waals surface area contributed by atoms with E-state index in [1.54, 1.807) is 0 Å². The van der Waals surface area contributed by atoms with E-state index in [-0.39, 0.29) is 6.10 Å². The molecule has 0 saturated carbocycles. The molecule has 0 radical (unpaired) electrons. The van der Waals surface area contributed by atoms with Crippen LogP contribution in [0.1, 0.15) is 37.1 Å². The predicted octanol–water partition coefficient (Wildman–Crippen LogP) is 4.34. The molecular weight excluding hydrogens is 333 g/mol. The van der Waals surface area contributed by atoms with Crippen LogP contribution in [0.2, 0.25) is 10.0 Å². The van der Waals surface area contributed by atoms with Crippen molar-refractivity contribution in [2.45, 2.75) is 32.5 Å². The van der Waals surface area contributed by atoms with E-state index in [2.05, 4.69) is 30.0 Å². The fourth-order valence-corrected chi connectivity index (χ4v) is 3.07. The molecule has 0 spiro atoms. The lowest BCUT2D eigenvalue weighted by atomic mass is 10.1. The molecule has 1 unspecified atom stereocenters. The van der Waals surface area contributed by atoms with Gasteiger partial charge in [-0.3, -0.25) is 9.58 Å². The van der Waals surface area contributed by atoms with Gasteiger partial charge in [0.1, 0.15) is 0 Å². The Kier molecular flexibility index (Phi) is 5.27. The second-order valence-corrected chi connectivity index (χ2v) is 7.00. The highest BCUT2D eigenvalue weighted by Gasteiger charge is 2.23. The van der Waals surface area contributed by atoms with E-state index in [0.717, 1.165) is 25.2 Å². The van der Waals surface area contributed by atoms with Gasteiger partial charge in [-0.2, -0.15) is 5.10 Å². The number of hydrogen-bond donors (Lipinski definition) is 0. The van der Waals surface area contributed by atoms with Crippen LogP contribution in [0, 0.1) is 0 Å². The molecule has 1 aliphatic rings. The summed E-state index contributed by atoms with van der Waals surface area (Å²) in [7, 11) is 0. The third-order valence-electron chi connectivity index (χ3n) is 4.06. The average Bonchev–Trinajstić information content (AvgIpc) is 2.99. The molecule has 2 heterocycles. The summed E-state index contributed by atoms with van der Waals surface area (Å²) in [5.74, 6) is 0. The molecule has 0 amide bonds. The van der Waals surface area contributed by atoms with Crippen molar-refractivity contribution in [3.63, 3.8) is 0 Å². The maximum atomic E-state index is 6.12. The fourth-order valence-electron chi connectivity index (χ4n) is 2.76. The van der Waals surface area contributed by atoms with Crippen molar-refractivity contribution in [3.8, 4) is 0 Å². The van der Waals surface area contributed by atoms with Crippen LogP contribution in [-0.2, 0) is 11.3 Å². The van der Waals surface area contributed by atoms with E-state index in [4.69, 9.17) is 27.9 Å². The quantitative estimate of drug-likeness (QED) is 0.818. The third-order valence-corrected chi connectivity index (χ3v) is 4.80. The zero-order valence-corrected chi connectivity index (χ0v) is 14.9. The van der Waals surface area contributed by atoms with Crippen LogP contribution in [0.4, 0.5) is 0 Å². The number of ether oxygens (including phenoxy) is 1. The Bertz CT molecular complexity index is 672. The Hall–Kier alpha value is -1.07. The Morgan fingerprint density at radius 3 is 2.83 bits per heavy atom. The van der Waals surface area contributed by atoms with Gasteiger partial charge in [-0.15, -0.1) is 0 Å². The summed E-state index contributed by atoms with van der Waals surface area (Å²) < 4.78 is 7.90. The second kappa shape index (κ2) is 7.22. The molecule has 4 nitrogen and oxygen atoms in total. The molecular formula is C17H21Cl2N3O. The maximum absolute atomic E-state index is 6.12. The molecule has 1 aromatic heterocycles. The zero-order valence-electron chi connectivity index (χ0n) is 13.4. The van der Waals surface area contributed by atoms with Crippen molar-refractivity contribution in [2.75, 3.05) is 19.7 Å². The van der Waals surface area contributed by atoms with E-state index < -0.39 is 0 Å². The Morgan fingerprint density at radius 2 is 2.13 bits per heavy atom. The maximum Gasteiger partial charge on any atom is 0.0953 e. The molecule has 124 valence electrons. The topological polar surface area (TPSA) is 30.3 Å². The highest BCUT2D eigenvalue weighted by atomic mass is 35.5. The van der Waals surface area contributed by atoms with Gasteiger partial charge < -0.3 is 4.74 Å². The minimum atomic E-state index is 0.0265. The van der Waals surface area contributed by atoms with Gasteiger partial charge in [0.25, 0.3) is 0 Å². The zero-order chi connectivity index (χ0) is 16.4. The molecule has 3 rings (SSSR count). The second-order valence-electron chi connectivity index (χ2n) is 6.19. The predicted molar refractivity (Wildman–Crippen MR) is 93.0 cm³/mol. The monoisotopic (exact) mass is 353 g/mol. The minimum Gasteiger partial charge on any atom is -0.371 e. The summed E-state index contributed by atoms with van der Waals surface area (Å²) in [6, 6.07) is 6.10. The van der Waals surface area contributed by atoms with E-state index in [1.165, 1.54) is 5.56 Å². The molecule has 1 aliphatic heterocycles. The Balaban J connectivity index is 1.66. The molecule has 0 aliphatic carbocycles. The van der Waals surface area contributed by atoms with Gasteiger partial charge in [-0.25, -0.2) is 0 Å². The highest BCUT2D eigenvalue weighted by molar-refractivity contribution is 6.42. The average molecular weight is 354 g/mol. The minimum absolute atomic E-state index is 0.0265. The molecule has 23 heavy (non-hydrogen) atoms. The standard InChI is InChI=1S/C17H21Cl2N3O/c1-12(2)22-10-13(8-20-22)9-21-5-6-23-17(11-21)14-3-4-15(18)16(19)7-14/h3-4,7-8,10,12,17H,5-6,9,11H2,1-2H3. The molecule has 1 fully saturated rings. The molecule has 1 aromatic carbocycles. The van der Waals surface area contributed by atoms with Crippen LogP contribution in [0.3, 0.4) is 0 Å². The summed E-state index contributed by atoms with van der Waals surface area (Å²) in [4.78, 5) is 2.39. The summed E-state index contributed by atoms with van der Waals surface area (Å²) in [5.41, 5.74) is 2.30. The first-order valence-electron chi connectivity index (χ1n) is 7.85. The van der Waals surface area contributed by atoms with E-state index in [9.17, 15) is 0 Å². The number of aromatic nitrogens is 2. The SMILES string of the molecule is CC(C)n1cc(CN2CCOC(c3ccc(Cl)c(Cl)c3)C2)cn1. The van der Waals surface area contributed by atoms with Crippen LogP contribution in [-0.4, -0.2) is 34.4 Å². The van der Waals surface area contributed by atoms with Crippen molar-refractivity contribution in [1.82, 2.24) is 14.7 Å². The van der Waals surface area contributed by atoms with E-state index >= 15 is 0 Å². The van der Waals surface area contributed by atoms with Crippen LogP contribution in [0.15, 0.2) is 30.6 Å². The smallest absolute Gasteiger partial charge is 0.0953 e. The summed E-state index contributed by atoms with van der Waals surface area (Å²) >= 11 is 12.1. The van der Waals surface area contributed by atoms with Gasteiger partial charge in [0, 0.05) is 37.4 Å². The number of rotatable bonds is 4. The van der Waals surface area contributed by atoms with Crippen LogP contribution in [0.5, 0.6) is 0 Å². The Labute approximate surface area is 146 Å². The van der Waals surface area contributed by atoms with Crippen LogP contribution in [0.25, 0.3) is 0 Å². The number of nitrogens with zero attached hydrogens (tertiary/aromatic N) is 3. The van der Waals surface area contributed by atoms with Crippen LogP contribution >= 0.6 is 23.2 Å². The molecule has 1 atom stereocenters. The van der Waals surface area contributed by atoms with Gasteiger partial charge in [-0.05, 0) is 31.5 Å². The van der Waals surface area contributed by atoms with Crippen molar-refractivity contribution in [1.29, 1.82) is 0 Å². The van der Waals surface area contributed by atoms with Gasteiger partial charge in [-0.1, -0.05) is 29.3 Å². The van der Waals surface area contributed by atoms with Crippen molar-refractivity contribution < 1.29 is 4.74 Å². The lowest BCUT2D eigenvalue weighted by Gasteiger charge is -2.33. The lowest BCUT2D eigenvalue weighted by Crippen LogP contribution is -2.37. The summed E-state index contributed by atoms with van der Waals surface area (Å²) in [6.07, 6.45) is 4.09. The highest BCUT2D eigenvalue weighted by Crippen LogP contribution is 2.29. The molecule has 6 heteroatoms. The lowest BCUT2D eigenvalue weighted by molar-refractivity contribution is -0.0329. The Morgan fingerprint density at radius 1 is 1.30 bits per heavy atom. The fraction of sp³-hybridized carbons (Fsp3) is 0.471. The molecule has 1 saturated heterocycles. The summed E-state index contributed by atoms with van der Waals surface area (Å²) in [6.45, 7) is 7.62. The third kappa shape index (κ3) is 4.07. The number of morpholine rings is 1. The van der Waals surface area contributed by atoms with Gasteiger partial charge in [0.2, 0.25) is 0 Å². The summed E-state index contributed by atoms with van der Waals surface area (Å²) in [5, 5.41) is 5.55.